The molecule has 0 saturated heterocycles. The molecular formula is C24H31F2N. The van der Waals surface area contributed by atoms with Crippen LogP contribution in [0.3, 0.4) is 0 Å². The lowest BCUT2D eigenvalue weighted by molar-refractivity contribution is -0.132. The summed E-state index contributed by atoms with van der Waals surface area (Å²) in [4.78, 5) is 4.34. The van der Waals surface area contributed by atoms with E-state index in [9.17, 15) is 8.78 Å². The van der Waals surface area contributed by atoms with Crippen molar-refractivity contribution < 1.29 is 8.78 Å². The fraction of sp³-hybridized carbons (Fsp3) is 0.708. The molecule has 1 heterocycles. The zero-order valence-electron chi connectivity index (χ0n) is 16.8. The van der Waals surface area contributed by atoms with E-state index in [1.54, 1.807) is 0 Å². The van der Waals surface area contributed by atoms with E-state index in [2.05, 4.69) is 37.9 Å². The third-order valence-corrected chi connectivity index (χ3v) is 9.40. The minimum atomic E-state index is -2.46. The number of fused-ring (bicyclic) bond motifs is 5. The van der Waals surface area contributed by atoms with E-state index in [0.717, 1.165) is 32.1 Å². The number of alkyl halides is 2. The molecule has 1 nitrogen and oxygen atoms in total. The van der Waals surface area contributed by atoms with Gasteiger partial charge in [-0.2, -0.15) is 0 Å². The van der Waals surface area contributed by atoms with Gasteiger partial charge in [0.2, 0.25) is 5.92 Å². The standard InChI is InChI=1S/C24H31F2N/c1-21-11-9-20-22(2,10-8-17-13-24(25,26)15-23(17,20)3)19(21)7-6-18(21)16-5-4-12-27-14-16/h4-6,12,14,17,19-20H,7-11,13,15H2,1-3H3/t17?,19-,20+,21-,22+,23+/m1/s1. The third kappa shape index (κ3) is 2.29. The molecule has 0 aliphatic heterocycles. The van der Waals surface area contributed by atoms with Gasteiger partial charge in [0, 0.05) is 25.2 Å². The first-order valence-corrected chi connectivity index (χ1v) is 10.7. The van der Waals surface area contributed by atoms with Gasteiger partial charge in [-0.05, 0) is 83.3 Å². The molecule has 4 aliphatic rings. The van der Waals surface area contributed by atoms with Gasteiger partial charge in [0.05, 0.1) is 0 Å². The molecule has 1 aromatic rings. The third-order valence-electron chi connectivity index (χ3n) is 9.40. The van der Waals surface area contributed by atoms with Crippen molar-refractivity contribution in [2.45, 2.75) is 71.6 Å². The topological polar surface area (TPSA) is 12.9 Å². The molecule has 0 bridgehead atoms. The van der Waals surface area contributed by atoms with Crippen molar-refractivity contribution in [1.29, 1.82) is 0 Å². The Kier molecular flexibility index (Phi) is 3.58. The highest BCUT2D eigenvalue weighted by atomic mass is 19.3. The van der Waals surface area contributed by atoms with E-state index < -0.39 is 5.92 Å². The summed E-state index contributed by atoms with van der Waals surface area (Å²) < 4.78 is 28.8. The lowest BCUT2D eigenvalue weighted by Gasteiger charge is -2.63. The van der Waals surface area contributed by atoms with Crippen LogP contribution in [0.2, 0.25) is 0 Å². The molecule has 3 fully saturated rings. The Balaban J connectivity index is 1.51. The molecule has 0 aromatic carbocycles. The summed E-state index contributed by atoms with van der Waals surface area (Å²) in [5, 5.41) is 0. The van der Waals surface area contributed by atoms with E-state index in [1.165, 1.54) is 11.1 Å². The molecule has 6 atom stereocenters. The summed E-state index contributed by atoms with van der Waals surface area (Å²) in [6.45, 7) is 7.08. The fourth-order valence-electron chi connectivity index (χ4n) is 8.33. The lowest BCUT2D eigenvalue weighted by Crippen LogP contribution is -2.56. The van der Waals surface area contributed by atoms with E-state index in [0.29, 0.717) is 11.8 Å². The number of allylic oxidation sites excluding steroid dienone is 2. The second-order valence-corrected chi connectivity index (χ2v) is 10.6. The van der Waals surface area contributed by atoms with Gasteiger partial charge < -0.3 is 0 Å². The van der Waals surface area contributed by atoms with Crippen molar-refractivity contribution in [2.75, 3.05) is 0 Å². The second-order valence-electron chi connectivity index (χ2n) is 10.6. The van der Waals surface area contributed by atoms with Crippen LogP contribution < -0.4 is 0 Å². The van der Waals surface area contributed by atoms with E-state index in [1.807, 2.05) is 18.5 Å². The smallest absolute Gasteiger partial charge is 0.249 e. The van der Waals surface area contributed by atoms with Crippen molar-refractivity contribution in [3.8, 4) is 0 Å². The van der Waals surface area contributed by atoms with E-state index in [-0.39, 0.29) is 35.0 Å². The fourth-order valence-corrected chi connectivity index (χ4v) is 8.33. The first kappa shape index (κ1) is 17.8. The quantitative estimate of drug-likeness (QED) is 0.532. The SMILES string of the molecule is C[C@@]12CCC3CC(F)(F)C[C@]3(C)[C@H]1CC[C@]1(C)C(c3cccnc3)=CC[C@@H]21. The summed E-state index contributed by atoms with van der Waals surface area (Å²) >= 11 is 0. The van der Waals surface area contributed by atoms with Crippen LogP contribution in [-0.4, -0.2) is 10.9 Å². The van der Waals surface area contributed by atoms with Crippen LogP contribution in [0.5, 0.6) is 0 Å². The molecule has 5 rings (SSSR count). The normalized spacial score (nSPS) is 47.7. The highest BCUT2D eigenvalue weighted by Crippen LogP contribution is 2.73. The summed E-state index contributed by atoms with van der Waals surface area (Å²) in [7, 11) is 0. The molecule has 1 unspecified atom stereocenters. The first-order valence-electron chi connectivity index (χ1n) is 10.7. The molecule has 4 aliphatic carbocycles. The molecular weight excluding hydrogens is 340 g/mol. The zero-order valence-corrected chi connectivity index (χ0v) is 16.8. The first-order chi connectivity index (χ1) is 12.7. The molecule has 3 heteroatoms. The maximum Gasteiger partial charge on any atom is 0.249 e. The summed E-state index contributed by atoms with van der Waals surface area (Å²) in [6, 6.07) is 4.20. The molecule has 0 amide bonds. The Morgan fingerprint density at radius 3 is 2.59 bits per heavy atom. The Labute approximate surface area is 161 Å². The largest absolute Gasteiger partial charge is 0.264 e. The van der Waals surface area contributed by atoms with Gasteiger partial charge in [-0.3, -0.25) is 4.98 Å². The Bertz CT molecular complexity index is 787. The summed E-state index contributed by atoms with van der Waals surface area (Å²) in [6.07, 6.45) is 11.9. The minimum absolute atomic E-state index is 0.108. The van der Waals surface area contributed by atoms with Crippen molar-refractivity contribution in [3.05, 3.63) is 36.2 Å². The van der Waals surface area contributed by atoms with E-state index >= 15 is 0 Å². The second kappa shape index (κ2) is 5.42. The predicted octanol–water partition coefficient (Wildman–Crippen LogP) is 6.75. The van der Waals surface area contributed by atoms with Gasteiger partial charge in [-0.25, -0.2) is 8.78 Å². The zero-order chi connectivity index (χ0) is 19.1. The lowest BCUT2D eigenvalue weighted by atomic mass is 9.41. The minimum Gasteiger partial charge on any atom is -0.264 e. The number of halogens is 2. The van der Waals surface area contributed by atoms with Gasteiger partial charge in [0.25, 0.3) is 0 Å². The highest BCUT2D eigenvalue weighted by molar-refractivity contribution is 5.72. The molecule has 3 saturated carbocycles. The Hall–Kier alpha value is -1.25. The van der Waals surface area contributed by atoms with Crippen LogP contribution in [0.1, 0.15) is 71.3 Å². The Morgan fingerprint density at radius 1 is 1.04 bits per heavy atom. The van der Waals surface area contributed by atoms with E-state index in [4.69, 9.17) is 0 Å². The molecule has 0 spiro atoms. The van der Waals surface area contributed by atoms with Crippen molar-refractivity contribution in [2.24, 2.45) is 34.0 Å². The van der Waals surface area contributed by atoms with Gasteiger partial charge in [-0.1, -0.05) is 32.9 Å². The molecule has 0 radical (unpaired) electrons. The number of rotatable bonds is 1. The summed E-state index contributed by atoms with van der Waals surface area (Å²) in [5.74, 6) is -1.26. The predicted molar refractivity (Wildman–Crippen MR) is 104 cm³/mol. The monoisotopic (exact) mass is 371 g/mol. The summed E-state index contributed by atoms with van der Waals surface area (Å²) in [5.41, 5.74) is 2.83. The van der Waals surface area contributed by atoms with Gasteiger partial charge in [-0.15, -0.1) is 0 Å². The van der Waals surface area contributed by atoms with Crippen LogP contribution in [0.25, 0.3) is 5.57 Å². The van der Waals surface area contributed by atoms with Crippen LogP contribution >= 0.6 is 0 Å². The van der Waals surface area contributed by atoms with Crippen molar-refractivity contribution >= 4 is 5.57 Å². The number of nitrogens with zero attached hydrogens (tertiary/aromatic N) is 1. The van der Waals surface area contributed by atoms with Gasteiger partial charge >= 0.3 is 0 Å². The highest BCUT2D eigenvalue weighted by Gasteiger charge is 2.67. The number of pyridine rings is 1. The molecule has 0 N–H and O–H groups in total. The average Bonchev–Trinajstić information content (AvgIpc) is 3.08. The maximum absolute atomic E-state index is 14.4. The molecule has 27 heavy (non-hydrogen) atoms. The van der Waals surface area contributed by atoms with Gasteiger partial charge in [0.15, 0.2) is 0 Å². The van der Waals surface area contributed by atoms with Gasteiger partial charge in [0.1, 0.15) is 0 Å². The molecule has 146 valence electrons. The maximum atomic E-state index is 14.4. The van der Waals surface area contributed by atoms with Crippen LogP contribution in [0, 0.1) is 34.0 Å². The number of hydrogen-bond acceptors (Lipinski definition) is 1. The van der Waals surface area contributed by atoms with Crippen LogP contribution in [0.15, 0.2) is 30.6 Å². The Morgan fingerprint density at radius 2 is 1.85 bits per heavy atom. The van der Waals surface area contributed by atoms with Crippen LogP contribution in [0.4, 0.5) is 8.78 Å². The van der Waals surface area contributed by atoms with Crippen LogP contribution in [-0.2, 0) is 0 Å². The number of hydrogen-bond donors (Lipinski definition) is 0. The molecule has 1 aromatic heterocycles. The average molecular weight is 372 g/mol. The number of aromatic nitrogens is 1. The van der Waals surface area contributed by atoms with Crippen molar-refractivity contribution in [3.63, 3.8) is 0 Å². The van der Waals surface area contributed by atoms with Crippen molar-refractivity contribution in [1.82, 2.24) is 4.98 Å².